The molecule has 4 amide bonds. The van der Waals surface area contributed by atoms with Gasteiger partial charge in [0.05, 0.1) is 27.9 Å². The predicted molar refractivity (Wildman–Crippen MR) is 105 cm³/mol. The number of benzene rings is 2. The third-order valence-electron chi connectivity index (χ3n) is 4.40. The monoisotopic (exact) mass is 396 g/mol. The molecule has 8 nitrogen and oxygen atoms in total. The van der Waals surface area contributed by atoms with Crippen LogP contribution in [0.5, 0.6) is 17.2 Å². The van der Waals surface area contributed by atoms with Crippen LogP contribution >= 0.6 is 0 Å². The van der Waals surface area contributed by atoms with Crippen molar-refractivity contribution < 1.29 is 28.6 Å². The lowest BCUT2D eigenvalue weighted by atomic mass is 10.1. The van der Waals surface area contributed by atoms with Crippen LogP contribution in [0.3, 0.4) is 0 Å². The van der Waals surface area contributed by atoms with Crippen LogP contribution in [-0.4, -0.2) is 44.1 Å². The first kappa shape index (κ1) is 19.9. The molecule has 8 heteroatoms. The maximum atomic E-state index is 12.9. The Hall–Kier alpha value is -3.81. The van der Waals surface area contributed by atoms with Gasteiger partial charge in [0, 0.05) is 0 Å². The van der Waals surface area contributed by atoms with Gasteiger partial charge in [0.15, 0.2) is 11.5 Å². The zero-order valence-corrected chi connectivity index (χ0v) is 16.2. The summed E-state index contributed by atoms with van der Waals surface area (Å²) in [5.74, 6) is 0.208. The number of hydrogen-bond donors (Lipinski definition) is 1. The zero-order valence-electron chi connectivity index (χ0n) is 16.2. The van der Waals surface area contributed by atoms with Gasteiger partial charge in [0.2, 0.25) is 0 Å². The average Bonchev–Trinajstić information content (AvgIpc) is 2.74. The molecule has 1 N–H and O–H groups in total. The number of ether oxygens (including phenoxy) is 3. The normalized spacial score (nSPS) is 15.3. The highest BCUT2D eigenvalue weighted by molar-refractivity contribution is 6.30. The van der Waals surface area contributed by atoms with Crippen LogP contribution in [0.2, 0.25) is 0 Å². The minimum atomic E-state index is -0.764. The van der Waals surface area contributed by atoms with Gasteiger partial charge in [-0.1, -0.05) is 18.2 Å². The maximum absolute atomic E-state index is 12.9. The fraction of sp³-hybridized carbons (Fsp3) is 0.190. The van der Waals surface area contributed by atoms with Crippen molar-refractivity contribution in [3.63, 3.8) is 0 Å². The lowest BCUT2D eigenvalue weighted by Gasteiger charge is -2.26. The van der Waals surface area contributed by atoms with E-state index in [9.17, 15) is 14.4 Å². The summed E-state index contributed by atoms with van der Waals surface area (Å²) >= 11 is 0. The van der Waals surface area contributed by atoms with Gasteiger partial charge in [0.1, 0.15) is 11.3 Å². The summed E-state index contributed by atoms with van der Waals surface area (Å²) in [5.41, 5.74) is 1.12. The number of hydrogen-bond acceptors (Lipinski definition) is 6. The van der Waals surface area contributed by atoms with Crippen LogP contribution in [-0.2, 0) is 16.1 Å². The molecule has 0 saturated carbocycles. The first-order valence-corrected chi connectivity index (χ1v) is 8.70. The molecule has 29 heavy (non-hydrogen) atoms. The molecule has 0 unspecified atom stereocenters. The minimum Gasteiger partial charge on any atom is -0.497 e. The van der Waals surface area contributed by atoms with Crippen molar-refractivity contribution in [1.29, 1.82) is 0 Å². The molecule has 0 spiro atoms. The Bertz CT molecular complexity index is 981. The van der Waals surface area contributed by atoms with Crippen molar-refractivity contribution in [3.8, 4) is 17.2 Å². The summed E-state index contributed by atoms with van der Waals surface area (Å²) in [6.07, 6.45) is 1.41. The molecule has 2 aromatic rings. The summed E-state index contributed by atoms with van der Waals surface area (Å²) in [4.78, 5) is 38.3. The third kappa shape index (κ3) is 4.21. The van der Waals surface area contributed by atoms with E-state index >= 15 is 0 Å². The molecular weight excluding hydrogens is 376 g/mol. The number of rotatable bonds is 6. The van der Waals surface area contributed by atoms with Gasteiger partial charge in [-0.25, -0.2) is 4.79 Å². The van der Waals surface area contributed by atoms with Crippen molar-refractivity contribution in [3.05, 3.63) is 59.2 Å². The van der Waals surface area contributed by atoms with E-state index in [0.717, 1.165) is 4.90 Å². The summed E-state index contributed by atoms with van der Waals surface area (Å²) in [6, 6.07) is 11.2. The fourth-order valence-corrected chi connectivity index (χ4v) is 2.86. The van der Waals surface area contributed by atoms with Crippen LogP contribution in [0.4, 0.5) is 4.79 Å². The Labute approximate surface area is 167 Å². The van der Waals surface area contributed by atoms with Crippen molar-refractivity contribution >= 4 is 23.9 Å². The van der Waals surface area contributed by atoms with Crippen molar-refractivity contribution in [1.82, 2.24) is 10.2 Å². The van der Waals surface area contributed by atoms with Gasteiger partial charge in [-0.3, -0.25) is 19.8 Å². The highest BCUT2D eigenvalue weighted by Crippen LogP contribution is 2.29. The molecule has 150 valence electrons. The molecule has 0 aromatic heterocycles. The van der Waals surface area contributed by atoms with E-state index in [4.69, 9.17) is 14.2 Å². The van der Waals surface area contributed by atoms with Crippen LogP contribution in [0.25, 0.3) is 6.08 Å². The van der Waals surface area contributed by atoms with Crippen LogP contribution in [0, 0.1) is 0 Å². The Morgan fingerprint density at radius 2 is 1.59 bits per heavy atom. The number of barbiturate groups is 1. The molecule has 0 bridgehead atoms. The fourth-order valence-electron chi connectivity index (χ4n) is 2.86. The van der Waals surface area contributed by atoms with Gasteiger partial charge in [-0.15, -0.1) is 0 Å². The number of nitrogens with zero attached hydrogens (tertiary/aromatic N) is 1. The van der Waals surface area contributed by atoms with Crippen molar-refractivity contribution in [2.24, 2.45) is 0 Å². The van der Waals surface area contributed by atoms with E-state index in [0.29, 0.717) is 28.4 Å². The lowest BCUT2D eigenvalue weighted by Crippen LogP contribution is -2.53. The lowest BCUT2D eigenvalue weighted by molar-refractivity contribution is -0.130. The van der Waals surface area contributed by atoms with Gasteiger partial charge < -0.3 is 14.2 Å². The maximum Gasteiger partial charge on any atom is 0.331 e. The molecule has 1 aliphatic rings. The number of carbonyl (C=O) groups is 3. The molecule has 0 radical (unpaired) electrons. The number of urea groups is 1. The van der Waals surface area contributed by atoms with E-state index < -0.39 is 17.8 Å². The Balaban J connectivity index is 1.88. The molecule has 0 aliphatic carbocycles. The SMILES string of the molecule is COc1ccc(CN2C(=O)NC(=O)/C(=C/c3ccc(OC)c(OC)c3)C2=O)cc1. The molecule has 1 fully saturated rings. The highest BCUT2D eigenvalue weighted by Gasteiger charge is 2.35. The van der Waals surface area contributed by atoms with E-state index in [1.165, 1.54) is 20.3 Å². The second kappa shape index (κ2) is 8.47. The zero-order chi connectivity index (χ0) is 21.0. The van der Waals surface area contributed by atoms with Crippen LogP contribution in [0.15, 0.2) is 48.0 Å². The summed E-state index contributed by atoms with van der Waals surface area (Å²) < 4.78 is 15.5. The molecule has 1 heterocycles. The van der Waals surface area contributed by atoms with Gasteiger partial charge in [0.25, 0.3) is 11.8 Å². The molecule has 0 atom stereocenters. The van der Waals surface area contributed by atoms with Crippen LogP contribution in [0.1, 0.15) is 11.1 Å². The largest absolute Gasteiger partial charge is 0.497 e. The minimum absolute atomic E-state index is 0.0191. The van der Waals surface area contributed by atoms with E-state index in [1.807, 2.05) is 0 Å². The second-order valence-corrected chi connectivity index (χ2v) is 6.17. The summed E-state index contributed by atoms with van der Waals surface area (Å²) in [5, 5.41) is 2.20. The number of imide groups is 2. The standard InChI is InChI=1S/C21H20N2O6/c1-27-15-7-4-13(5-8-15)12-23-20(25)16(19(24)22-21(23)26)10-14-6-9-17(28-2)18(11-14)29-3/h4-11H,12H2,1-3H3,(H,22,24,26)/b16-10-. The molecular formula is C21H20N2O6. The van der Waals surface area contributed by atoms with Crippen molar-refractivity contribution in [2.75, 3.05) is 21.3 Å². The molecule has 1 saturated heterocycles. The van der Waals surface area contributed by atoms with E-state index in [1.54, 1.807) is 49.6 Å². The first-order valence-electron chi connectivity index (χ1n) is 8.70. The average molecular weight is 396 g/mol. The molecule has 2 aromatic carbocycles. The van der Waals surface area contributed by atoms with Gasteiger partial charge in [-0.05, 0) is 41.5 Å². The Morgan fingerprint density at radius 1 is 0.897 bits per heavy atom. The number of methoxy groups -OCH3 is 3. The topological polar surface area (TPSA) is 94.2 Å². The Morgan fingerprint density at radius 3 is 2.21 bits per heavy atom. The second-order valence-electron chi connectivity index (χ2n) is 6.17. The van der Waals surface area contributed by atoms with Gasteiger partial charge in [-0.2, -0.15) is 0 Å². The quantitative estimate of drug-likeness (QED) is 0.595. The summed E-state index contributed by atoms with van der Waals surface area (Å²) in [7, 11) is 4.55. The number of nitrogens with one attached hydrogen (secondary N) is 1. The van der Waals surface area contributed by atoms with E-state index in [-0.39, 0.29) is 12.1 Å². The molecule has 1 aliphatic heterocycles. The smallest absolute Gasteiger partial charge is 0.331 e. The summed E-state index contributed by atoms with van der Waals surface area (Å²) in [6.45, 7) is 0.0191. The van der Waals surface area contributed by atoms with Crippen LogP contribution < -0.4 is 19.5 Å². The van der Waals surface area contributed by atoms with E-state index in [2.05, 4.69) is 5.32 Å². The Kier molecular flexibility index (Phi) is 5.82. The highest BCUT2D eigenvalue weighted by atomic mass is 16.5. The third-order valence-corrected chi connectivity index (χ3v) is 4.40. The molecule has 3 rings (SSSR count). The predicted octanol–water partition coefficient (Wildman–Crippen LogP) is 2.37. The van der Waals surface area contributed by atoms with Gasteiger partial charge >= 0.3 is 6.03 Å². The number of amides is 4. The first-order chi connectivity index (χ1) is 14.0. The number of carbonyl (C=O) groups excluding carboxylic acids is 3. The van der Waals surface area contributed by atoms with Crippen molar-refractivity contribution in [2.45, 2.75) is 6.54 Å².